The molecule has 0 radical (unpaired) electrons. The van der Waals surface area contributed by atoms with E-state index < -0.39 is 32.3 Å². The molecular weight excluding hydrogens is 309 g/mol. The van der Waals surface area contributed by atoms with Gasteiger partial charge < -0.3 is 5.11 Å². The highest BCUT2D eigenvalue weighted by molar-refractivity contribution is 7.91. The Kier molecular flexibility index (Phi) is 5.25. The first-order valence-electron chi connectivity index (χ1n) is 5.61. The molecule has 0 heterocycles. The smallest absolute Gasteiger partial charge is 0.242 e. The first-order valence-corrected chi connectivity index (χ1v) is 9.11. The van der Waals surface area contributed by atoms with Crippen molar-refractivity contribution >= 4 is 19.9 Å². The van der Waals surface area contributed by atoms with E-state index in [0.717, 1.165) is 28.8 Å². The fourth-order valence-electron chi connectivity index (χ4n) is 1.43. The molecule has 0 fully saturated rings. The number of rotatable bonds is 6. The van der Waals surface area contributed by atoms with Crippen LogP contribution in [0.15, 0.2) is 23.1 Å². The lowest BCUT2D eigenvalue weighted by Gasteiger charge is -2.17. The molecule has 9 heteroatoms. The van der Waals surface area contributed by atoms with Crippen LogP contribution in [-0.2, 0) is 26.5 Å². The van der Waals surface area contributed by atoms with Crippen molar-refractivity contribution in [2.75, 3.05) is 25.6 Å². The predicted molar refractivity (Wildman–Crippen MR) is 71.8 cm³/mol. The van der Waals surface area contributed by atoms with Crippen molar-refractivity contribution in [3.63, 3.8) is 0 Å². The second-order valence-corrected chi connectivity index (χ2v) is 8.67. The van der Waals surface area contributed by atoms with E-state index >= 15 is 0 Å². The molecule has 1 aromatic rings. The minimum absolute atomic E-state index is 0.136. The van der Waals surface area contributed by atoms with Crippen molar-refractivity contribution in [3.8, 4) is 0 Å². The van der Waals surface area contributed by atoms with E-state index in [1.54, 1.807) is 0 Å². The van der Waals surface area contributed by atoms with Gasteiger partial charge in [0.25, 0.3) is 0 Å². The Morgan fingerprint density at radius 2 is 1.85 bits per heavy atom. The molecule has 0 aliphatic carbocycles. The molecule has 114 valence electrons. The van der Waals surface area contributed by atoms with E-state index in [0.29, 0.717) is 0 Å². The molecule has 6 nitrogen and oxygen atoms in total. The second-order valence-electron chi connectivity index (χ2n) is 4.37. The number of aliphatic hydroxyl groups excluding tert-OH is 1. The lowest BCUT2D eigenvalue weighted by atomic mass is 10.2. The van der Waals surface area contributed by atoms with Crippen LogP contribution in [0.5, 0.6) is 0 Å². The third-order valence-electron chi connectivity index (χ3n) is 2.67. The van der Waals surface area contributed by atoms with Crippen molar-refractivity contribution in [2.24, 2.45) is 0 Å². The lowest BCUT2D eigenvalue weighted by molar-refractivity contribution is 0.275. The molecule has 0 bridgehead atoms. The van der Waals surface area contributed by atoms with Crippen molar-refractivity contribution in [2.45, 2.75) is 11.5 Å². The average Bonchev–Trinajstić information content (AvgIpc) is 2.35. The SMILES string of the molecule is CN(CCS(C)(=O)=O)S(=O)(=O)c1ccc(F)c(CO)c1. The van der Waals surface area contributed by atoms with E-state index in [2.05, 4.69) is 0 Å². The van der Waals surface area contributed by atoms with Crippen molar-refractivity contribution in [1.82, 2.24) is 4.31 Å². The molecule has 0 saturated carbocycles. The van der Waals surface area contributed by atoms with Crippen molar-refractivity contribution in [3.05, 3.63) is 29.6 Å². The van der Waals surface area contributed by atoms with Crippen LogP contribution < -0.4 is 0 Å². The number of nitrogens with zero attached hydrogens (tertiary/aromatic N) is 1. The van der Waals surface area contributed by atoms with E-state index in [1.807, 2.05) is 0 Å². The standard InChI is InChI=1S/C11H16FNO5S2/c1-13(5-6-19(2,15)16)20(17,18)10-3-4-11(12)9(7-10)8-14/h3-4,7,14H,5-6,8H2,1-2H3. The number of benzene rings is 1. The van der Waals surface area contributed by atoms with E-state index in [9.17, 15) is 21.2 Å². The highest BCUT2D eigenvalue weighted by Crippen LogP contribution is 2.18. The zero-order chi connectivity index (χ0) is 15.6. The molecule has 1 aromatic carbocycles. The molecule has 1 N–H and O–H groups in total. The Bertz CT molecular complexity index is 685. The van der Waals surface area contributed by atoms with Gasteiger partial charge in [0.05, 0.1) is 17.3 Å². The third-order valence-corrected chi connectivity index (χ3v) is 5.45. The molecule has 0 aliphatic heterocycles. The molecule has 0 aliphatic rings. The topological polar surface area (TPSA) is 91.8 Å². The fourth-order valence-corrected chi connectivity index (χ4v) is 3.37. The maximum absolute atomic E-state index is 13.2. The molecule has 0 amide bonds. The summed E-state index contributed by atoms with van der Waals surface area (Å²) in [6.45, 7) is -0.824. The highest BCUT2D eigenvalue weighted by Gasteiger charge is 2.22. The van der Waals surface area contributed by atoms with Crippen LogP contribution in [0, 0.1) is 5.82 Å². The maximum Gasteiger partial charge on any atom is 0.242 e. The third kappa shape index (κ3) is 4.23. The minimum Gasteiger partial charge on any atom is -0.392 e. The highest BCUT2D eigenvalue weighted by atomic mass is 32.2. The Balaban J connectivity index is 3.04. The van der Waals surface area contributed by atoms with Crippen LogP contribution in [0.1, 0.15) is 5.56 Å². The summed E-state index contributed by atoms with van der Waals surface area (Å²) in [6.07, 6.45) is 1.01. The van der Waals surface area contributed by atoms with Crippen LogP contribution in [0.2, 0.25) is 0 Å². The number of sulfone groups is 1. The predicted octanol–water partition coefficient (Wildman–Crippen LogP) is -0.0169. The number of sulfonamides is 1. The summed E-state index contributed by atoms with van der Waals surface area (Å²) in [4.78, 5) is -0.195. The molecular formula is C11H16FNO5S2. The number of halogens is 1. The van der Waals surface area contributed by atoms with Gasteiger partial charge in [-0.3, -0.25) is 0 Å². The van der Waals surface area contributed by atoms with Gasteiger partial charge in [-0.15, -0.1) is 0 Å². The summed E-state index contributed by atoms with van der Waals surface area (Å²) in [5.74, 6) is -1.01. The van der Waals surface area contributed by atoms with Gasteiger partial charge in [-0.2, -0.15) is 4.31 Å². The Labute approximate surface area is 117 Å². The average molecular weight is 325 g/mol. The van der Waals surface area contributed by atoms with Crippen LogP contribution in [0.3, 0.4) is 0 Å². The Morgan fingerprint density at radius 3 is 2.35 bits per heavy atom. The number of aliphatic hydroxyl groups is 1. The first-order chi connectivity index (χ1) is 9.08. The number of hydrogen-bond acceptors (Lipinski definition) is 5. The molecule has 20 heavy (non-hydrogen) atoms. The summed E-state index contributed by atoms with van der Waals surface area (Å²) in [6, 6.07) is 3.05. The van der Waals surface area contributed by atoms with Gasteiger partial charge in [0.1, 0.15) is 15.7 Å². The normalized spacial score (nSPS) is 12.8. The molecule has 0 unspecified atom stereocenters. The van der Waals surface area contributed by atoms with Crippen molar-refractivity contribution in [1.29, 1.82) is 0 Å². The molecule has 0 aromatic heterocycles. The second kappa shape index (κ2) is 6.17. The van der Waals surface area contributed by atoms with Gasteiger partial charge >= 0.3 is 0 Å². The largest absolute Gasteiger partial charge is 0.392 e. The Morgan fingerprint density at radius 1 is 1.25 bits per heavy atom. The van der Waals surface area contributed by atoms with Crippen LogP contribution >= 0.6 is 0 Å². The summed E-state index contributed by atoms with van der Waals surface area (Å²) >= 11 is 0. The molecule has 0 atom stereocenters. The van der Waals surface area contributed by atoms with E-state index in [-0.39, 0.29) is 22.8 Å². The lowest BCUT2D eigenvalue weighted by Crippen LogP contribution is -2.31. The van der Waals surface area contributed by atoms with Crippen LogP contribution in [0.4, 0.5) is 4.39 Å². The summed E-state index contributed by atoms with van der Waals surface area (Å²) in [5.41, 5.74) is -0.136. The van der Waals surface area contributed by atoms with Crippen LogP contribution in [0.25, 0.3) is 0 Å². The van der Waals surface area contributed by atoms with Crippen molar-refractivity contribution < 1.29 is 26.3 Å². The quantitative estimate of drug-likeness (QED) is 0.794. The Hall–Kier alpha value is -1.03. The molecule has 1 rings (SSSR count). The molecule has 0 saturated heterocycles. The zero-order valence-corrected chi connectivity index (χ0v) is 12.7. The van der Waals surface area contributed by atoms with Gasteiger partial charge in [0.15, 0.2) is 0 Å². The van der Waals surface area contributed by atoms with Gasteiger partial charge in [0, 0.05) is 25.4 Å². The summed E-state index contributed by atoms with van der Waals surface area (Å²) in [7, 11) is -5.97. The van der Waals surface area contributed by atoms with Gasteiger partial charge in [-0.1, -0.05) is 0 Å². The van der Waals surface area contributed by atoms with E-state index in [4.69, 9.17) is 5.11 Å². The fraction of sp³-hybridized carbons (Fsp3) is 0.455. The van der Waals surface area contributed by atoms with Gasteiger partial charge in [0.2, 0.25) is 10.0 Å². The number of hydrogen-bond donors (Lipinski definition) is 1. The summed E-state index contributed by atoms with van der Waals surface area (Å²) < 4.78 is 60.5. The van der Waals surface area contributed by atoms with Gasteiger partial charge in [-0.25, -0.2) is 21.2 Å². The monoisotopic (exact) mass is 325 g/mol. The first kappa shape index (κ1) is 17.0. The van der Waals surface area contributed by atoms with Gasteiger partial charge in [-0.05, 0) is 18.2 Å². The molecule has 0 spiro atoms. The van der Waals surface area contributed by atoms with Crippen LogP contribution in [-0.4, -0.2) is 51.8 Å². The van der Waals surface area contributed by atoms with E-state index in [1.165, 1.54) is 7.05 Å². The minimum atomic E-state index is -3.92. The summed E-state index contributed by atoms with van der Waals surface area (Å²) in [5, 5.41) is 8.93. The maximum atomic E-state index is 13.2. The zero-order valence-electron chi connectivity index (χ0n) is 11.1.